The van der Waals surface area contributed by atoms with E-state index in [1.807, 2.05) is 6.07 Å². The first kappa shape index (κ1) is 19.1. The largest absolute Gasteiger partial charge is 0.504 e. The molecular weight excluding hydrogens is 404 g/mol. The van der Waals surface area contributed by atoms with E-state index in [9.17, 15) is 18.3 Å². The third kappa shape index (κ3) is 3.35. The molecule has 28 heavy (non-hydrogen) atoms. The van der Waals surface area contributed by atoms with Crippen LogP contribution >= 0.6 is 11.6 Å². The molecule has 1 aromatic heterocycles. The average Bonchev–Trinajstić information content (AvgIpc) is 3.05. The molecule has 150 valence electrons. The number of aryl methyl sites for hydroxylation is 1. The fourth-order valence-electron chi connectivity index (χ4n) is 3.72. The number of halogens is 1. The van der Waals surface area contributed by atoms with Gasteiger partial charge < -0.3 is 20.2 Å². The Morgan fingerprint density at radius 2 is 1.96 bits per heavy atom. The maximum Gasteiger partial charge on any atom is 0.319 e. The van der Waals surface area contributed by atoms with Crippen LogP contribution in [0.25, 0.3) is 0 Å². The van der Waals surface area contributed by atoms with Crippen LogP contribution in [0.5, 0.6) is 5.75 Å². The number of nitrogens with one attached hydrogen (secondary N) is 2. The lowest BCUT2D eigenvalue weighted by atomic mass is 9.93. The highest BCUT2D eigenvalue weighted by atomic mass is 35.5. The topological polar surface area (TPSA) is 109 Å². The second-order valence-electron chi connectivity index (χ2n) is 7.21. The molecule has 1 unspecified atom stereocenters. The Kier molecular flexibility index (Phi) is 5.01. The van der Waals surface area contributed by atoms with E-state index in [0.717, 1.165) is 37.0 Å². The SMILES string of the molecule is O=C(Nc1ccc(Cl)c(S(=O)(=O)C2CCC2)c1O)NC1CCCc2occc21. The van der Waals surface area contributed by atoms with Crippen molar-refractivity contribution in [2.24, 2.45) is 0 Å². The standard InChI is InChI=1S/C19H21ClN2O5S/c20-13-7-8-15(17(23)18(13)28(25,26)11-3-1-4-11)22-19(24)21-14-5-2-6-16-12(14)9-10-27-16/h7-11,14,23H,1-6H2,(H2,21,22,24). The number of phenolic OH excluding ortho intramolecular Hbond substituents is 1. The summed E-state index contributed by atoms with van der Waals surface area (Å²) < 4.78 is 30.9. The molecule has 0 aliphatic heterocycles. The van der Waals surface area contributed by atoms with Crippen LogP contribution in [-0.2, 0) is 16.3 Å². The fourth-order valence-corrected chi connectivity index (χ4v) is 6.20. The quantitative estimate of drug-likeness (QED) is 0.638. The number of furan rings is 1. The third-order valence-electron chi connectivity index (χ3n) is 5.46. The van der Waals surface area contributed by atoms with Crippen molar-refractivity contribution in [2.75, 3.05) is 5.32 Å². The van der Waals surface area contributed by atoms with Crippen molar-refractivity contribution in [2.45, 2.75) is 54.7 Å². The Labute approximate surface area is 168 Å². The summed E-state index contributed by atoms with van der Waals surface area (Å²) in [5.74, 6) is 0.335. The van der Waals surface area contributed by atoms with Gasteiger partial charge in [-0.1, -0.05) is 18.0 Å². The summed E-state index contributed by atoms with van der Waals surface area (Å²) >= 11 is 6.07. The predicted molar refractivity (Wildman–Crippen MR) is 104 cm³/mol. The molecule has 1 aromatic carbocycles. The monoisotopic (exact) mass is 424 g/mol. The minimum atomic E-state index is -3.75. The molecule has 1 heterocycles. The van der Waals surface area contributed by atoms with Crippen LogP contribution in [0.3, 0.4) is 0 Å². The number of benzene rings is 1. The highest BCUT2D eigenvalue weighted by Crippen LogP contribution is 2.42. The van der Waals surface area contributed by atoms with Gasteiger partial charge in [0.25, 0.3) is 0 Å². The number of urea groups is 1. The molecule has 2 amide bonds. The van der Waals surface area contributed by atoms with E-state index in [1.54, 1.807) is 6.26 Å². The van der Waals surface area contributed by atoms with Crippen LogP contribution in [0, 0.1) is 0 Å². The molecule has 0 spiro atoms. The summed E-state index contributed by atoms with van der Waals surface area (Å²) in [6.45, 7) is 0. The Hall–Kier alpha value is -2.19. The second-order valence-corrected chi connectivity index (χ2v) is 9.79. The van der Waals surface area contributed by atoms with Crippen LogP contribution < -0.4 is 10.6 Å². The number of hydrogen-bond donors (Lipinski definition) is 3. The highest BCUT2D eigenvalue weighted by Gasteiger charge is 2.37. The summed E-state index contributed by atoms with van der Waals surface area (Å²) in [5.41, 5.74) is 0.943. The van der Waals surface area contributed by atoms with Gasteiger partial charge in [-0.05, 0) is 43.9 Å². The number of rotatable bonds is 4. The molecule has 1 atom stereocenters. The van der Waals surface area contributed by atoms with Crippen molar-refractivity contribution >= 4 is 33.2 Å². The molecule has 9 heteroatoms. The van der Waals surface area contributed by atoms with Gasteiger partial charge in [0.2, 0.25) is 0 Å². The Morgan fingerprint density at radius 3 is 2.68 bits per heavy atom. The number of sulfone groups is 1. The van der Waals surface area contributed by atoms with Gasteiger partial charge in [-0.2, -0.15) is 0 Å². The lowest BCUT2D eigenvalue weighted by Gasteiger charge is -2.26. The molecule has 7 nitrogen and oxygen atoms in total. The van der Waals surface area contributed by atoms with Gasteiger partial charge in [0, 0.05) is 12.0 Å². The summed E-state index contributed by atoms with van der Waals surface area (Å²) in [5, 5.41) is 15.3. The van der Waals surface area contributed by atoms with Gasteiger partial charge in [0.1, 0.15) is 10.7 Å². The Balaban J connectivity index is 1.54. The molecule has 3 N–H and O–H groups in total. The normalized spacial score (nSPS) is 19.5. The number of hydrogen-bond acceptors (Lipinski definition) is 5. The average molecular weight is 425 g/mol. The minimum absolute atomic E-state index is 0.00280. The molecule has 4 rings (SSSR count). The van der Waals surface area contributed by atoms with Crippen molar-refractivity contribution in [3.8, 4) is 5.75 Å². The second kappa shape index (κ2) is 7.33. The van der Waals surface area contributed by atoms with Gasteiger partial charge in [0.05, 0.1) is 28.3 Å². The van der Waals surface area contributed by atoms with E-state index in [0.29, 0.717) is 12.8 Å². The zero-order chi connectivity index (χ0) is 19.9. The molecule has 1 saturated carbocycles. The third-order valence-corrected chi connectivity index (χ3v) is 8.22. The molecule has 0 bridgehead atoms. The predicted octanol–water partition coefficient (Wildman–Crippen LogP) is 4.16. The number of carbonyl (C=O) groups excluding carboxylic acids is 1. The van der Waals surface area contributed by atoms with Crippen LogP contribution in [0.15, 0.2) is 33.8 Å². The van der Waals surface area contributed by atoms with Crippen molar-refractivity contribution < 1.29 is 22.7 Å². The first-order valence-corrected chi connectivity index (χ1v) is 11.2. The molecule has 2 aliphatic carbocycles. The van der Waals surface area contributed by atoms with Crippen molar-refractivity contribution in [1.82, 2.24) is 5.32 Å². The van der Waals surface area contributed by atoms with E-state index in [4.69, 9.17) is 16.0 Å². The maximum atomic E-state index is 12.7. The van der Waals surface area contributed by atoms with Gasteiger partial charge in [0.15, 0.2) is 15.6 Å². The Bertz CT molecular complexity index is 1010. The van der Waals surface area contributed by atoms with Crippen LogP contribution in [0.1, 0.15) is 49.5 Å². The molecule has 1 fully saturated rings. The first-order chi connectivity index (χ1) is 13.4. The number of phenols is 1. The number of aromatic hydroxyl groups is 1. The zero-order valence-corrected chi connectivity index (χ0v) is 16.6. The van der Waals surface area contributed by atoms with E-state index in [-0.39, 0.29) is 21.6 Å². The highest BCUT2D eigenvalue weighted by molar-refractivity contribution is 7.92. The van der Waals surface area contributed by atoms with Crippen LogP contribution in [0.4, 0.5) is 10.5 Å². The van der Waals surface area contributed by atoms with E-state index in [2.05, 4.69) is 10.6 Å². The first-order valence-electron chi connectivity index (χ1n) is 9.27. The molecule has 0 saturated heterocycles. The smallest absolute Gasteiger partial charge is 0.319 e. The summed E-state index contributed by atoms with van der Waals surface area (Å²) in [6.07, 6.45) is 6.03. The van der Waals surface area contributed by atoms with Crippen molar-refractivity contribution in [3.05, 3.63) is 40.8 Å². The van der Waals surface area contributed by atoms with Gasteiger partial charge in [-0.25, -0.2) is 13.2 Å². The van der Waals surface area contributed by atoms with Crippen LogP contribution in [-0.4, -0.2) is 24.8 Å². The number of amides is 2. The zero-order valence-electron chi connectivity index (χ0n) is 15.1. The van der Waals surface area contributed by atoms with E-state index < -0.39 is 26.9 Å². The summed E-state index contributed by atoms with van der Waals surface area (Å²) in [6, 6.07) is 3.86. The molecule has 2 aliphatic rings. The fraction of sp³-hybridized carbons (Fsp3) is 0.421. The summed E-state index contributed by atoms with van der Waals surface area (Å²) in [4.78, 5) is 12.2. The van der Waals surface area contributed by atoms with Crippen molar-refractivity contribution in [3.63, 3.8) is 0 Å². The number of carbonyl (C=O) groups is 1. The molecular formula is C19H21ClN2O5S. The van der Waals surface area contributed by atoms with E-state index >= 15 is 0 Å². The number of fused-ring (bicyclic) bond motifs is 1. The Morgan fingerprint density at radius 1 is 1.18 bits per heavy atom. The van der Waals surface area contributed by atoms with Crippen molar-refractivity contribution in [1.29, 1.82) is 0 Å². The van der Waals surface area contributed by atoms with Gasteiger partial charge in [-0.3, -0.25) is 0 Å². The minimum Gasteiger partial charge on any atom is -0.504 e. The lowest BCUT2D eigenvalue weighted by Crippen LogP contribution is -2.34. The summed E-state index contributed by atoms with van der Waals surface area (Å²) in [7, 11) is -3.75. The molecule has 2 aromatic rings. The molecule has 0 radical (unpaired) electrons. The maximum absolute atomic E-state index is 12.7. The van der Waals surface area contributed by atoms with Gasteiger partial charge in [-0.15, -0.1) is 0 Å². The van der Waals surface area contributed by atoms with E-state index in [1.165, 1.54) is 12.1 Å². The van der Waals surface area contributed by atoms with Crippen LogP contribution in [0.2, 0.25) is 5.02 Å². The van der Waals surface area contributed by atoms with Gasteiger partial charge >= 0.3 is 6.03 Å². The number of anilines is 1. The lowest BCUT2D eigenvalue weighted by molar-refractivity contribution is 0.246.